The number of urea groups is 1. The van der Waals surface area contributed by atoms with Crippen molar-refractivity contribution >= 4 is 23.5 Å². The first-order valence-electron chi connectivity index (χ1n) is 13.7. The van der Waals surface area contributed by atoms with Crippen LogP contribution in [0.3, 0.4) is 0 Å². The summed E-state index contributed by atoms with van der Waals surface area (Å²) < 4.78 is 0. The predicted molar refractivity (Wildman–Crippen MR) is 145 cm³/mol. The summed E-state index contributed by atoms with van der Waals surface area (Å²) in [5.41, 5.74) is -0.408. The lowest BCUT2D eigenvalue weighted by Crippen LogP contribution is -2.54. The number of nitrogens with one attached hydrogen (secondary N) is 3. The van der Waals surface area contributed by atoms with Crippen molar-refractivity contribution in [3.63, 3.8) is 0 Å². The van der Waals surface area contributed by atoms with Gasteiger partial charge in [-0.25, -0.2) is 4.79 Å². The molecule has 4 N–H and O–H groups in total. The van der Waals surface area contributed by atoms with Crippen molar-refractivity contribution in [1.82, 2.24) is 20.9 Å². The predicted octanol–water partition coefficient (Wildman–Crippen LogP) is 4.42. The zero-order valence-electron chi connectivity index (χ0n) is 22.0. The number of carbonyl (C=O) groups excluding carboxylic acids is 2. The van der Waals surface area contributed by atoms with Gasteiger partial charge in [-0.05, 0) is 62.8 Å². The van der Waals surface area contributed by atoms with Crippen LogP contribution in [0.4, 0.5) is 4.79 Å². The van der Waals surface area contributed by atoms with Gasteiger partial charge in [0, 0.05) is 50.1 Å². The average Bonchev–Trinajstić information content (AvgIpc) is 2.89. The highest BCUT2D eigenvalue weighted by atomic mass is 35.5. The number of nitrogens with zero attached hydrogens (tertiary/aromatic N) is 1. The second-order valence-electron chi connectivity index (χ2n) is 10.7. The molecule has 0 unspecified atom stereocenters. The molecule has 1 aliphatic heterocycles. The molecule has 1 aliphatic carbocycles. The van der Waals surface area contributed by atoms with Crippen LogP contribution in [0.25, 0.3) is 0 Å². The number of piperidine rings is 1. The van der Waals surface area contributed by atoms with E-state index in [1.807, 2.05) is 30.1 Å². The Morgan fingerprint density at radius 3 is 2.64 bits per heavy atom. The minimum Gasteiger partial charge on any atom is -0.385 e. The van der Waals surface area contributed by atoms with Gasteiger partial charge in [0.15, 0.2) is 0 Å². The van der Waals surface area contributed by atoms with E-state index in [0.29, 0.717) is 43.3 Å². The minimum absolute atomic E-state index is 0.0402. The molecule has 36 heavy (non-hydrogen) atoms. The van der Waals surface area contributed by atoms with Gasteiger partial charge in [0.25, 0.3) is 0 Å². The highest BCUT2D eigenvalue weighted by Gasteiger charge is 2.41. The van der Waals surface area contributed by atoms with E-state index in [1.165, 1.54) is 32.1 Å². The molecule has 1 aromatic rings. The second kappa shape index (κ2) is 14.2. The van der Waals surface area contributed by atoms with Crippen LogP contribution in [0.15, 0.2) is 24.3 Å². The Morgan fingerprint density at radius 2 is 1.94 bits per heavy atom. The van der Waals surface area contributed by atoms with Gasteiger partial charge in [0.2, 0.25) is 5.91 Å². The third-order valence-corrected chi connectivity index (χ3v) is 8.30. The van der Waals surface area contributed by atoms with Crippen molar-refractivity contribution in [2.45, 2.75) is 82.3 Å². The highest BCUT2D eigenvalue weighted by Crippen LogP contribution is 2.40. The zero-order valence-corrected chi connectivity index (χ0v) is 22.8. The number of carbonyl (C=O) groups is 2. The Hall–Kier alpha value is -1.83. The molecular formula is C28H45ClN4O3. The number of likely N-dealkylation sites (N-methyl/N-ethyl adjacent to an activating group) is 1. The Bertz CT molecular complexity index is 848. The van der Waals surface area contributed by atoms with Crippen LogP contribution in [-0.4, -0.2) is 61.7 Å². The van der Waals surface area contributed by atoms with Crippen molar-refractivity contribution in [3.05, 3.63) is 34.9 Å². The number of amides is 3. The Labute approximate surface area is 221 Å². The van der Waals surface area contributed by atoms with Crippen molar-refractivity contribution < 1.29 is 14.7 Å². The van der Waals surface area contributed by atoms with Crippen LogP contribution in [0.2, 0.25) is 5.02 Å². The molecular weight excluding hydrogens is 476 g/mol. The summed E-state index contributed by atoms with van der Waals surface area (Å²) in [5.74, 6) is 0.502. The van der Waals surface area contributed by atoms with E-state index in [2.05, 4.69) is 16.0 Å². The third-order valence-electron chi connectivity index (χ3n) is 8.07. The zero-order chi connectivity index (χ0) is 26.0. The fourth-order valence-electron chi connectivity index (χ4n) is 6.07. The first-order chi connectivity index (χ1) is 17.4. The van der Waals surface area contributed by atoms with Gasteiger partial charge in [-0.3, -0.25) is 4.79 Å². The molecule has 2 aliphatic rings. The van der Waals surface area contributed by atoms with Crippen molar-refractivity contribution in [2.75, 3.05) is 33.7 Å². The van der Waals surface area contributed by atoms with E-state index >= 15 is 0 Å². The van der Waals surface area contributed by atoms with Crippen LogP contribution in [0.1, 0.15) is 76.2 Å². The summed E-state index contributed by atoms with van der Waals surface area (Å²) in [7, 11) is 3.56. The monoisotopic (exact) mass is 520 g/mol. The summed E-state index contributed by atoms with van der Waals surface area (Å²) in [4.78, 5) is 27.1. The Kier molecular flexibility index (Phi) is 11.3. The van der Waals surface area contributed by atoms with Gasteiger partial charge in [-0.2, -0.15) is 0 Å². The lowest BCUT2D eigenvalue weighted by Gasteiger charge is -2.43. The van der Waals surface area contributed by atoms with Gasteiger partial charge in [0.05, 0.1) is 5.60 Å². The van der Waals surface area contributed by atoms with Crippen LogP contribution < -0.4 is 16.0 Å². The first kappa shape index (κ1) is 28.7. The van der Waals surface area contributed by atoms with Crippen molar-refractivity contribution in [1.29, 1.82) is 0 Å². The van der Waals surface area contributed by atoms with E-state index in [4.69, 9.17) is 11.6 Å². The Balaban J connectivity index is 1.69. The first-order valence-corrected chi connectivity index (χ1v) is 14.1. The highest BCUT2D eigenvalue weighted by molar-refractivity contribution is 6.30. The second-order valence-corrected chi connectivity index (χ2v) is 11.1. The molecule has 1 saturated heterocycles. The molecule has 7 nitrogen and oxygen atoms in total. The van der Waals surface area contributed by atoms with Crippen LogP contribution in [0, 0.1) is 11.8 Å². The summed E-state index contributed by atoms with van der Waals surface area (Å²) >= 11 is 6.29. The molecule has 202 valence electrons. The lowest BCUT2D eigenvalue weighted by atomic mass is 9.74. The van der Waals surface area contributed by atoms with Crippen molar-refractivity contribution in [3.8, 4) is 0 Å². The largest absolute Gasteiger partial charge is 0.385 e. The molecule has 1 saturated carbocycles. The molecule has 3 rings (SSSR count). The van der Waals surface area contributed by atoms with Gasteiger partial charge in [-0.1, -0.05) is 55.8 Å². The van der Waals surface area contributed by atoms with E-state index in [0.717, 1.165) is 31.4 Å². The molecule has 3 atom stereocenters. The van der Waals surface area contributed by atoms with E-state index in [-0.39, 0.29) is 23.9 Å². The molecule has 8 heteroatoms. The fraction of sp³-hybridized carbons (Fsp3) is 0.714. The van der Waals surface area contributed by atoms with E-state index in [9.17, 15) is 14.7 Å². The molecule has 1 aromatic carbocycles. The van der Waals surface area contributed by atoms with Crippen LogP contribution >= 0.6 is 11.6 Å². The molecule has 0 bridgehead atoms. The fourth-order valence-corrected chi connectivity index (χ4v) is 6.26. The molecule has 2 fully saturated rings. The average molecular weight is 521 g/mol. The number of halogens is 1. The molecule has 0 spiro atoms. The summed E-state index contributed by atoms with van der Waals surface area (Å²) in [5, 5.41) is 21.8. The van der Waals surface area contributed by atoms with Gasteiger partial charge >= 0.3 is 6.03 Å². The minimum atomic E-state index is -1.16. The van der Waals surface area contributed by atoms with Crippen LogP contribution in [0.5, 0.6) is 0 Å². The summed E-state index contributed by atoms with van der Waals surface area (Å²) in [6, 6.07) is 7.42. The van der Waals surface area contributed by atoms with Gasteiger partial charge in [-0.15, -0.1) is 0 Å². The van der Waals surface area contributed by atoms with Gasteiger partial charge in [0.1, 0.15) is 0 Å². The number of likely N-dealkylation sites (tertiary alicyclic amines) is 1. The van der Waals surface area contributed by atoms with E-state index < -0.39 is 5.60 Å². The lowest BCUT2D eigenvalue weighted by molar-refractivity contribution is -0.121. The van der Waals surface area contributed by atoms with E-state index in [1.54, 1.807) is 13.1 Å². The van der Waals surface area contributed by atoms with Crippen LogP contribution in [-0.2, 0) is 10.4 Å². The Morgan fingerprint density at radius 1 is 1.17 bits per heavy atom. The quantitative estimate of drug-likeness (QED) is 0.347. The SMILES string of the molecule is CNC[C@H](CC1CCCCC1)NC(=O)N1CCC[C@@H]([C@@](O)(CCCC(=O)NC)c2cccc(Cl)c2)C1. The number of aliphatic hydroxyl groups is 1. The summed E-state index contributed by atoms with van der Waals surface area (Å²) in [6.45, 7) is 1.91. The summed E-state index contributed by atoms with van der Waals surface area (Å²) in [6.07, 6.45) is 10.4. The number of benzene rings is 1. The number of rotatable bonds is 11. The number of hydrogen-bond donors (Lipinski definition) is 4. The smallest absolute Gasteiger partial charge is 0.317 e. The standard InChI is InChI=1S/C28H45ClN4O3/c1-30-19-25(17-21-9-4-3-5-10-21)32-27(35)33-16-8-12-23(20-33)28(36,15-7-14-26(34)31-2)22-11-6-13-24(29)18-22/h6,11,13,18,21,23,25,30,36H,3-5,7-10,12,14-17,19-20H2,1-2H3,(H,31,34)(H,32,35)/t23-,25+,28-/m1/s1. The van der Waals surface area contributed by atoms with Gasteiger partial charge < -0.3 is 26.0 Å². The maximum atomic E-state index is 13.4. The number of hydrogen-bond acceptors (Lipinski definition) is 4. The maximum Gasteiger partial charge on any atom is 0.317 e. The molecule has 1 heterocycles. The molecule has 3 amide bonds. The maximum absolute atomic E-state index is 13.4. The molecule has 0 aromatic heterocycles. The normalized spacial score (nSPS) is 21.4. The topological polar surface area (TPSA) is 93.7 Å². The van der Waals surface area contributed by atoms with Crippen molar-refractivity contribution in [2.24, 2.45) is 11.8 Å². The third kappa shape index (κ3) is 8.09. The molecule has 0 radical (unpaired) electrons.